The van der Waals surface area contributed by atoms with Crippen molar-refractivity contribution in [2.75, 3.05) is 4.90 Å². The predicted molar refractivity (Wildman–Crippen MR) is 249 cm³/mol. The van der Waals surface area contributed by atoms with Gasteiger partial charge in [-0.25, -0.2) is 0 Å². The fraction of sp³-hybridized carbons (Fsp3) is 0.0345. The molecule has 1 aliphatic rings. The van der Waals surface area contributed by atoms with Crippen LogP contribution in [0.2, 0.25) is 0 Å². The van der Waals surface area contributed by atoms with Gasteiger partial charge < -0.3 is 4.90 Å². The summed E-state index contributed by atoms with van der Waals surface area (Å²) < 4.78 is 0. The average Bonchev–Trinajstić information content (AvgIpc) is 3.60. The zero-order valence-electron chi connectivity index (χ0n) is 32.9. The van der Waals surface area contributed by atoms with Crippen LogP contribution in [-0.4, -0.2) is 0 Å². The van der Waals surface area contributed by atoms with E-state index < -0.39 is 5.41 Å². The van der Waals surface area contributed by atoms with E-state index in [1.165, 1.54) is 82.7 Å². The Morgan fingerprint density at radius 2 is 0.763 bits per heavy atom. The highest BCUT2D eigenvalue weighted by atomic mass is 15.1. The maximum atomic E-state index is 2.42. The van der Waals surface area contributed by atoms with Crippen molar-refractivity contribution in [3.8, 4) is 33.4 Å². The molecular formula is C58H41N. The fourth-order valence-electron chi connectivity index (χ4n) is 9.94. The van der Waals surface area contributed by atoms with Gasteiger partial charge in [-0.05, 0) is 126 Å². The molecule has 1 heteroatoms. The molecule has 0 spiro atoms. The molecular weight excluding hydrogens is 711 g/mol. The van der Waals surface area contributed by atoms with Gasteiger partial charge in [-0.1, -0.05) is 194 Å². The Bertz CT molecular complexity index is 3060. The summed E-state index contributed by atoms with van der Waals surface area (Å²) in [5, 5.41) is 5.03. The van der Waals surface area contributed by atoms with E-state index in [4.69, 9.17) is 0 Å². The maximum absolute atomic E-state index is 2.42. The lowest BCUT2D eigenvalue weighted by atomic mass is 9.67. The predicted octanol–water partition coefficient (Wildman–Crippen LogP) is 15.5. The number of aryl methyl sites for hydroxylation is 1. The van der Waals surface area contributed by atoms with Crippen molar-refractivity contribution in [1.29, 1.82) is 0 Å². The van der Waals surface area contributed by atoms with Crippen LogP contribution in [-0.2, 0) is 5.41 Å². The number of rotatable bonds is 7. The minimum atomic E-state index is -0.486. The molecule has 0 saturated carbocycles. The second-order valence-electron chi connectivity index (χ2n) is 15.7. The number of hydrogen-bond acceptors (Lipinski definition) is 1. The fourth-order valence-corrected chi connectivity index (χ4v) is 9.94. The molecule has 278 valence electrons. The molecule has 0 radical (unpaired) electrons. The molecule has 1 nitrogen and oxygen atoms in total. The summed E-state index contributed by atoms with van der Waals surface area (Å²) in [7, 11) is 0. The van der Waals surface area contributed by atoms with E-state index in [2.05, 4.69) is 242 Å². The van der Waals surface area contributed by atoms with Crippen molar-refractivity contribution in [3.63, 3.8) is 0 Å². The molecule has 0 fully saturated rings. The smallest absolute Gasteiger partial charge is 0.0714 e. The van der Waals surface area contributed by atoms with Crippen LogP contribution in [0.5, 0.6) is 0 Å². The Labute approximate surface area is 346 Å². The highest BCUT2D eigenvalue weighted by Gasteiger charge is 2.46. The van der Waals surface area contributed by atoms with Gasteiger partial charge in [0.15, 0.2) is 0 Å². The third kappa shape index (κ3) is 5.54. The normalized spacial score (nSPS) is 12.6. The van der Waals surface area contributed by atoms with Gasteiger partial charge in [-0.3, -0.25) is 0 Å². The van der Waals surface area contributed by atoms with Gasteiger partial charge in [0.25, 0.3) is 0 Å². The summed E-state index contributed by atoms with van der Waals surface area (Å²) in [5.41, 5.74) is 16.8. The maximum Gasteiger partial charge on any atom is 0.0714 e. The van der Waals surface area contributed by atoms with Crippen molar-refractivity contribution < 1.29 is 0 Å². The third-order valence-corrected chi connectivity index (χ3v) is 12.4. The first-order chi connectivity index (χ1) is 29.2. The second-order valence-corrected chi connectivity index (χ2v) is 15.7. The largest absolute Gasteiger partial charge is 0.310 e. The van der Waals surface area contributed by atoms with Crippen LogP contribution in [0.15, 0.2) is 231 Å². The first kappa shape index (κ1) is 34.7. The van der Waals surface area contributed by atoms with Gasteiger partial charge in [-0.15, -0.1) is 0 Å². The number of nitrogens with zero attached hydrogens (tertiary/aromatic N) is 1. The lowest BCUT2D eigenvalue weighted by molar-refractivity contribution is 0.768. The number of fused-ring (bicyclic) bond motifs is 5. The summed E-state index contributed by atoms with van der Waals surface area (Å²) in [4.78, 5) is 2.42. The third-order valence-electron chi connectivity index (χ3n) is 12.4. The van der Waals surface area contributed by atoms with Crippen LogP contribution in [0.3, 0.4) is 0 Å². The minimum absolute atomic E-state index is 0.486. The lowest BCUT2D eigenvalue weighted by Crippen LogP contribution is -2.28. The molecule has 10 aromatic rings. The topological polar surface area (TPSA) is 3.24 Å². The molecule has 0 atom stereocenters. The summed E-state index contributed by atoms with van der Waals surface area (Å²) in [6.45, 7) is 2.17. The number of anilines is 3. The molecule has 0 aliphatic heterocycles. The molecule has 0 amide bonds. The summed E-state index contributed by atoms with van der Waals surface area (Å²) in [6.07, 6.45) is 0. The monoisotopic (exact) mass is 751 g/mol. The number of benzene rings is 10. The molecule has 0 N–H and O–H groups in total. The summed E-state index contributed by atoms with van der Waals surface area (Å²) >= 11 is 0. The zero-order chi connectivity index (χ0) is 39.3. The molecule has 59 heavy (non-hydrogen) atoms. The van der Waals surface area contributed by atoms with E-state index >= 15 is 0 Å². The Kier molecular flexibility index (Phi) is 8.34. The molecule has 1 aliphatic carbocycles. The molecule has 0 aromatic heterocycles. The van der Waals surface area contributed by atoms with Crippen molar-refractivity contribution in [2.45, 2.75) is 12.3 Å². The van der Waals surface area contributed by atoms with Crippen LogP contribution < -0.4 is 4.90 Å². The van der Waals surface area contributed by atoms with Crippen LogP contribution in [0.4, 0.5) is 17.1 Å². The summed E-state index contributed by atoms with van der Waals surface area (Å²) in [5.74, 6) is 0. The lowest BCUT2D eigenvalue weighted by Gasteiger charge is -2.35. The van der Waals surface area contributed by atoms with Crippen LogP contribution >= 0.6 is 0 Å². The average molecular weight is 752 g/mol. The van der Waals surface area contributed by atoms with Crippen LogP contribution in [0, 0.1) is 6.92 Å². The Balaban J connectivity index is 1.10. The van der Waals surface area contributed by atoms with Gasteiger partial charge in [0.2, 0.25) is 0 Å². The van der Waals surface area contributed by atoms with Gasteiger partial charge in [0.1, 0.15) is 0 Å². The van der Waals surface area contributed by atoms with Gasteiger partial charge >= 0.3 is 0 Å². The van der Waals surface area contributed by atoms with Crippen LogP contribution in [0.1, 0.15) is 27.8 Å². The molecule has 0 saturated heterocycles. The standard InChI is InChI=1S/C58H41N/c1-40-18-16-24-46(38-40)59(47-25-17-23-44(39-47)58(43-21-6-3-7-22-43)54-32-14-12-26-48(54)49-27-13-15-33-55(49)58)45-36-34-42(35-37-45)57-52-30-10-8-28-50(52)56(41-19-4-2-5-20-41)51-29-9-11-31-53(51)57/h2-39H,1H3. The quantitative estimate of drug-likeness (QED) is 0.147. The highest BCUT2D eigenvalue weighted by Crippen LogP contribution is 2.56. The summed E-state index contributed by atoms with van der Waals surface area (Å²) in [6, 6.07) is 84.9. The Morgan fingerprint density at radius 3 is 1.32 bits per heavy atom. The van der Waals surface area contributed by atoms with Gasteiger partial charge in [0, 0.05) is 17.1 Å². The Morgan fingerprint density at radius 1 is 0.322 bits per heavy atom. The highest BCUT2D eigenvalue weighted by molar-refractivity contribution is 6.21. The second kappa shape index (κ2) is 14.2. The van der Waals surface area contributed by atoms with Crippen molar-refractivity contribution in [2.24, 2.45) is 0 Å². The van der Waals surface area contributed by atoms with E-state index in [9.17, 15) is 0 Å². The molecule has 0 heterocycles. The van der Waals surface area contributed by atoms with Crippen LogP contribution in [0.25, 0.3) is 54.9 Å². The van der Waals surface area contributed by atoms with Crippen molar-refractivity contribution in [1.82, 2.24) is 0 Å². The minimum Gasteiger partial charge on any atom is -0.310 e. The zero-order valence-corrected chi connectivity index (χ0v) is 32.9. The van der Waals surface area contributed by atoms with E-state index in [1.807, 2.05) is 0 Å². The first-order valence-electron chi connectivity index (χ1n) is 20.5. The van der Waals surface area contributed by atoms with Crippen molar-refractivity contribution in [3.05, 3.63) is 258 Å². The number of hydrogen-bond donors (Lipinski definition) is 0. The molecule has 0 bridgehead atoms. The first-order valence-corrected chi connectivity index (χ1v) is 20.5. The van der Waals surface area contributed by atoms with Gasteiger partial charge in [0.05, 0.1) is 5.41 Å². The molecule has 0 unspecified atom stereocenters. The molecule has 11 rings (SSSR count). The molecule has 10 aromatic carbocycles. The van der Waals surface area contributed by atoms with Gasteiger partial charge in [-0.2, -0.15) is 0 Å². The van der Waals surface area contributed by atoms with E-state index in [1.54, 1.807) is 0 Å². The van der Waals surface area contributed by atoms with E-state index in [0.29, 0.717) is 0 Å². The Hall–Kier alpha value is -7.48. The van der Waals surface area contributed by atoms with Crippen molar-refractivity contribution >= 4 is 38.6 Å². The van der Waals surface area contributed by atoms with E-state index in [0.717, 1.165) is 17.1 Å². The SMILES string of the molecule is Cc1cccc(N(c2ccc(-c3c4ccccc4c(-c4ccccc4)c4ccccc34)cc2)c2cccc(C3(c4ccccc4)c4ccccc4-c4ccccc43)c2)c1. The van der Waals surface area contributed by atoms with E-state index in [-0.39, 0.29) is 0 Å².